The van der Waals surface area contributed by atoms with E-state index in [9.17, 15) is 13.2 Å². The smallest absolute Gasteiger partial charge is 0.244 e. The van der Waals surface area contributed by atoms with E-state index in [1.165, 1.54) is 27.2 Å². The first kappa shape index (κ1) is 19.5. The molecule has 7 nitrogen and oxygen atoms in total. The third kappa shape index (κ3) is 4.85. The molecule has 25 heavy (non-hydrogen) atoms. The largest absolute Gasteiger partial charge is 0.497 e. The van der Waals surface area contributed by atoms with Gasteiger partial charge in [0.25, 0.3) is 0 Å². The Balaban J connectivity index is 2.07. The molecule has 1 fully saturated rings. The van der Waals surface area contributed by atoms with Crippen LogP contribution in [0.1, 0.15) is 32.6 Å². The van der Waals surface area contributed by atoms with E-state index in [1.54, 1.807) is 17.0 Å². The second-order valence-electron chi connectivity index (χ2n) is 6.07. The standard InChI is InChI=1S/C17H26N2O5S/c1-13(20)19(14-6-4-5-7-14)11-10-18-25(21,22)17-12-15(23-2)8-9-16(17)24-3/h8-9,12,14,18H,4-7,10-11H2,1-3H3. The van der Waals surface area contributed by atoms with Crippen LogP contribution in [0.25, 0.3) is 0 Å². The summed E-state index contributed by atoms with van der Waals surface area (Å²) < 4.78 is 38.0. The van der Waals surface area contributed by atoms with Crippen LogP contribution in [-0.4, -0.2) is 52.6 Å². The second-order valence-corrected chi connectivity index (χ2v) is 7.80. The Labute approximate surface area is 149 Å². The van der Waals surface area contributed by atoms with Gasteiger partial charge in [-0.3, -0.25) is 4.79 Å². The van der Waals surface area contributed by atoms with Crippen LogP contribution in [0.2, 0.25) is 0 Å². The maximum atomic E-state index is 12.6. The molecule has 1 aliphatic carbocycles. The third-order valence-corrected chi connectivity index (χ3v) is 5.96. The maximum absolute atomic E-state index is 12.6. The first-order valence-electron chi connectivity index (χ1n) is 8.38. The number of rotatable bonds is 8. The average Bonchev–Trinajstić information content (AvgIpc) is 3.11. The number of nitrogens with zero attached hydrogens (tertiary/aromatic N) is 1. The number of nitrogens with one attached hydrogen (secondary N) is 1. The summed E-state index contributed by atoms with van der Waals surface area (Å²) in [5.41, 5.74) is 0. The number of sulfonamides is 1. The lowest BCUT2D eigenvalue weighted by molar-refractivity contribution is -0.130. The highest BCUT2D eigenvalue weighted by Crippen LogP contribution is 2.28. The fraction of sp³-hybridized carbons (Fsp3) is 0.588. The van der Waals surface area contributed by atoms with Crippen LogP contribution in [0.4, 0.5) is 0 Å². The third-order valence-electron chi connectivity index (χ3n) is 4.48. The Morgan fingerprint density at radius 2 is 1.92 bits per heavy atom. The van der Waals surface area contributed by atoms with E-state index < -0.39 is 10.0 Å². The van der Waals surface area contributed by atoms with Gasteiger partial charge in [0.15, 0.2) is 0 Å². The van der Waals surface area contributed by atoms with Gasteiger partial charge in [0.2, 0.25) is 15.9 Å². The van der Waals surface area contributed by atoms with Crippen molar-refractivity contribution in [1.29, 1.82) is 0 Å². The van der Waals surface area contributed by atoms with Crippen LogP contribution >= 0.6 is 0 Å². The molecule has 0 atom stereocenters. The molecule has 8 heteroatoms. The highest BCUT2D eigenvalue weighted by atomic mass is 32.2. The van der Waals surface area contributed by atoms with Gasteiger partial charge in [-0.25, -0.2) is 13.1 Å². The van der Waals surface area contributed by atoms with Crippen molar-refractivity contribution >= 4 is 15.9 Å². The van der Waals surface area contributed by atoms with Crippen molar-refractivity contribution < 1.29 is 22.7 Å². The molecule has 0 aliphatic heterocycles. The lowest BCUT2D eigenvalue weighted by Gasteiger charge is -2.28. The predicted octanol–water partition coefficient (Wildman–Crippen LogP) is 1.77. The van der Waals surface area contributed by atoms with Crippen molar-refractivity contribution in [2.24, 2.45) is 0 Å². The van der Waals surface area contributed by atoms with Crippen LogP contribution < -0.4 is 14.2 Å². The normalized spacial score (nSPS) is 15.2. The summed E-state index contributed by atoms with van der Waals surface area (Å²) >= 11 is 0. The SMILES string of the molecule is COc1ccc(OC)c(S(=O)(=O)NCCN(C(C)=O)C2CCCC2)c1. The van der Waals surface area contributed by atoms with Gasteiger partial charge in [0.05, 0.1) is 14.2 Å². The molecule has 0 heterocycles. The van der Waals surface area contributed by atoms with Crippen molar-refractivity contribution in [2.45, 2.75) is 43.5 Å². The minimum absolute atomic E-state index is 0.0181. The molecule has 0 aromatic heterocycles. The zero-order chi connectivity index (χ0) is 18.4. The van der Waals surface area contributed by atoms with Crippen molar-refractivity contribution in [2.75, 3.05) is 27.3 Å². The molecule has 1 amide bonds. The van der Waals surface area contributed by atoms with Crippen LogP contribution in [-0.2, 0) is 14.8 Å². The molecule has 1 aromatic carbocycles. The fourth-order valence-electron chi connectivity index (χ4n) is 3.19. The highest BCUT2D eigenvalue weighted by Gasteiger charge is 2.25. The van der Waals surface area contributed by atoms with Crippen molar-refractivity contribution in [3.63, 3.8) is 0 Å². The van der Waals surface area contributed by atoms with E-state index in [0.29, 0.717) is 12.3 Å². The number of hydrogen-bond donors (Lipinski definition) is 1. The van der Waals surface area contributed by atoms with Gasteiger partial charge in [0.1, 0.15) is 16.4 Å². The van der Waals surface area contributed by atoms with Gasteiger partial charge in [-0.15, -0.1) is 0 Å². The van der Waals surface area contributed by atoms with Crippen LogP contribution in [0.15, 0.2) is 23.1 Å². The van der Waals surface area contributed by atoms with Gasteiger partial charge in [-0.1, -0.05) is 12.8 Å². The molecular formula is C17H26N2O5S. The lowest BCUT2D eigenvalue weighted by Crippen LogP contribution is -2.42. The van der Waals surface area contributed by atoms with Crippen LogP contribution in [0.3, 0.4) is 0 Å². The molecule has 1 aromatic rings. The first-order chi connectivity index (χ1) is 11.9. The molecule has 2 rings (SSSR count). The van der Waals surface area contributed by atoms with Gasteiger partial charge in [-0.2, -0.15) is 0 Å². The number of benzene rings is 1. The second kappa shape index (κ2) is 8.53. The van der Waals surface area contributed by atoms with Crippen LogP contribution in [0, 0.1) is 0 Å². The van der Waals surface area contributed by atoms with E-state index in [0.717, 1.165) is 25.7 Å². The number of hydrogen-bond acceptors (Lipinski definition) is 5. The first-order valence-corrected chi connectivity index (χ1v) is 9.86. The molecule has 1 N–H and O–H groups in total. The molecule has 0 bridgehead atoms. The highest BCUT2D eigenvalue weighted by molar-refractivity contribution is 7.89. The van der Waals surface area contributed by atoms with Gasteiger partial charge in [0, 0.05) is 32.1 Å². The van der Waals surface area contributed by atoms with E-state index in [2.05, 4.69) is 4.72 Å². The summed E-state index contributed by atoms with van der Waals surface area (Å²) in [6, 6.07) is 4.82. The van der Waals surface area contributed by atoms with Crippen molar-refractivity contribution in [3.05, 3.63) is 18.2 Å². The number of ether oxygens (including phenoxy) is 2. The van der Waals surface area contributed by atoms with Gasteiger partial charge >= 0.3 is 0 Å². The molecule has 1 aliphatic rings. The number of carbonyl (C=O) groups is 1. The van der Waals surface area contributed by atoms with E-state index in [-0.39, 0.29) is 29.1 Å². The van der Waals surface area contributed by atoms with E-state index in [4.69, 9.17) is 9.47 Å². The molecule has 1 saturated carbocycles. The average molecular weight is 370 g/mol. The number of methoxy groups -OCH3 is 2. The zero-order valence-electron chi connectivity index (χ0n) is 14.9. The summed E-state index contributed by atoms with van der Waals surface area (Å²) in [4.78, 5) is 13.6. The maximum Gasteiger partial charge on any atom is 0.244 e. The predicted molar refractivity (Wildman–Crippen MR) is 94.4 cm³/mol. The lowest BCUT2D eigenvalue weighted by atomic mass is 10.2. The molecule has 0 saturated heterocycles. The van der Waals surface area contributed by atoms with Gasteiger partial charge < -0.3 is 14.4 Å². The number of amides is 1. The minimum atomic E-state index is -3.77. The summed E-state index contributed by atoms with van der Waals surface area (Å²) in [7, 11) is -0.888. The van der Waals surface area contributed by atoms with Crippen LogP contribution in [0.5, 0.6) is 11.5 Å². The Kier molecular flexibility index (Phi) is 6.66. The molecule has 0 radical (unpaired) electrons. The summed E-state index contributed by atoms with van der Waals surface area (Å²) in [6.45, 7) is 2.03. The topological polar surface area (TPSA) is 84.9 Å². The Morgan fingerprint density at radius 1 is 1.24 bits per heavy atom. The Hall–Kier alpha value is -1.80. The van der Waals surface area contributed by atoms with E-state index in [1.807, 2.05) is 0 Å². The molecule has 0 unspecified atom stereocenters. The monoisotopic (exact) mass is 370 g/mol. The molecular weight excluding hydrogens is 344 g/mol. The molecule has 0 spiro atoms. The molecule has 140 valence electrons. The van der Waals surface area contributed by atoms with Crippen molar-refractivity contribution in [1.82, 2.24) is 9.62 Å². The quantitative estimate of drug-likeness (QED) is 0.754. The zero-order valence-corrected chi connectivity index (χ0v) is 15.8. The Morgan fingerprint density at radius 3 is 2.48 bits per heavy atom. The Bertz CT molecular complexity index is 699. The van der Waals surface area contributed by atoms with Gasteiger partial charge in [-0.05, 0) is 25.0 Å². The minimum Gasteiger partial charge on any atom is -0.497 e. The fourth-order valence-corrected chi connectivity index (χ4v) is 4.39. The van der Waals surface area contributed by atoms with E-state index >= 15 is 0 Å². The van der Waals surface area contributed by atoms with Crippen molar-refractivity contribution in [3.8, 4) is 11.5 Å². The summed E-state index contributed by atoms with van der Waals surface area (Å²) in [5.74, 6) is 0.648. The summed E-state index contributed by atoms with van der Waals surface area (Å²) in [5, 5.41) is 0. The number of carbonyl (C=O) groups excluding carboxylic acids is 1. The summed E-state index contributed by atoms with van der Waals surface area (Å²) in [6.07, 6.45) is 4.19.